The van der Waals surface area contributed by atoms with Crippen LogP contribution in [-0.2, 0) is 4.79 Å². The fourth-order valence-electron chi connectivity index (χ4n) is 2.83. The van der Waals surface area contributed by atoms with Crippen LogP contribution in [0.25, 0.3) is 10.2 Å². The number of hydrogen-bond acceptors (Lipinski definition) is 5. The number of benzene rings is 2. The van der Waals surface area contributed by atoms with E-state index in [-0.39, 0.29) is 10.7 Å². The summed E-state index contributed by atoms with van der Waals surface area (Å²) in [6.45, 7) is 0.881. The highest BCUT2D eigenvalue weighted by atomic mass is 32.1. The summed E-state index contributed by atoms with van der Waals surface area (Å²) in [7, 11) is 0. The number of nitrogens with one attached hydrogen (secondary N) is 3. The van der Waals surface area contributed by atoms with Gasteiger partial charge in [0.2, 0.25) is 5.91 Å². The van der Waals surface area contributed by atoms with E-state index in [4.69, 9.17) is 5.11 Å². The first-order valence-corrected chi connectivity index (χ1v) is 10.1. The molecule has 0 bridgehead atoms. The third-order valence-corrected chi connectivity index (χ3v) is 5.25. The number of aliphatic hydroxyl groups excluding tert-OH is 1. The van der Waals surface area contributed by atoms with Gasteiger partial charge >= 0.3 is 12.2 Å². The summed E-state index contributed by atoms with van der Waals surface area (Å²) in [5.74, 6) is -4.17. The maximum absolute atomic E-state index is 13.6. The molecule has 7 nitrogen and oxygen atoms in total. The minimum absolute atomic E-state index is 0.124. The van der Waals surface area contributed by atoms with E-state index in [9.17, 15) is 27.2 Å². The number of amides is 3. The number of thiazole rings is 1. The zero-order valence-electron chi connectivity index (χ0n) is 16.5. The van der Waals surface area contributed by atoms with E-state index >= 15 is 0 Å². The molecule has 170 valence electrons. The zero-order chi connectivity index (χ0) is 23.5. The van der Waals surface area contributed by atoms with E-state index in [0.29, 0.717) is 15.9 Å². The van der Waals surface area contributed by atoms with Gasteiger partial charge in [-0.15, -0.1) is 0 Å². The third kappa shape index (κ3) is 5.71. The van der Waals surface area contributed by atoms with Crippen molar-refractivity contribution in [3.63, 3.8) is 0 Å². The van der Waals surface area contributed by atoms with Gasteiger partial charge in [0, 0.05) is 11.7 Å². The predicted molar refractivity (Wildman–Crippen MR) is 112 cm³/mol. The molecule has 0 aliphatic rings. The van der Waals surface area contributed by atoms with Gasteiger partial charge in [-0.3, -0.25) is 10.1 Å². The Morgan fingerprint density at radius 3 is 2.44 bits per heavy atom. The molecule has 0 aliphatic heterocycles. The van der Waals surface area contributed by atoms with E-state index in [1.165, 1.54) is 43.3 Å². The molecule has 2 unspecified atom stereocenters. The molecule has 0 saturated heterocycles. The van der Waals surface area contributed by atoms with E-state index in [1.807, 2.05) is 0 Å². The standard InChI is InChI=1S/C20H18F4N4O3S/c1-10(9-29)25-17(30)16(20(22,23)24)11-2-7-14-15(8-11)32-19(27-14)28-18(31)26-13-5-3-12(21)4-6-13/h2-8,10,16,29H,9H2,1H3,(H,25,30)(H2,26,27,28,31). The van der Waals surface area contributed by atoms with Gasteiger partial charge in [0.1, 0.15) is 5.82 Å². The fraction of sp³-hybridized carbons (Fsp3) is 0.250. The molecule has 3 amide bonds. The minimum atomic E-state index is -4.85. The monoisotopic (exact) mass is 470 g/mol. The molecule has 0 fully saturated rings. The van der Waals surface area contributed by atoms with Gasteiger partial charge in [-0.05, 0) is 48.9 Å². The van der Waals surface area contributed by atoms with Crippen LogP contribution in [0, 0.1) is 5.82 Å². The van der Waals surface area contributed by atoms with Crippen molar-refractivity contribution in [1.82, 2.24) is 10.3 Å². The number of anilines is 2. The number of rotatable bonds is 6. The third-order valence-electron chi connectivity index (χ3n) is 4.32. The molecule has 2 atom stereocenters. The van der Waals surface area contributed by atoms with E-state index in [0.717, 1.165) is 17.4 Å². The largest absolute Gasteiger partial charge is 0.404 e. The van der Waals surface area contributed by atoms with Crippen LogP contribution >= 0.6 is 11.3 Å². The lowest BCUT2D eigenvalue weighted by Crippen LogP contribution is -2.42. The number of hydrogen-bond donors (Lipinski definition) is 4. The molecule has 0 spiro atoms. The number of carbonyl (C=O) groups excluding carboxylic acids is 2. The lowest BCUT2D eigenvalue weighted by atomic mass is 9.97. The maximum Gasteiger partial charge on any atom is 0.404 e. The van der Waals surface area contributed by atoms with Crippen molar-refractivity contribution < 1.29 is 32.3 Å². The lowest BCUT2D eigenvalue weighted by molar-refractivity contribution is -0.165. The average Bonchev–Trinajstić information content (AvgIpc) is 3.09. The van der Waals surface area contributed by atoms with Crippen LogP contribution in [0.3, 0.4) is 0 Å². The molecule has 0 radical (unpaired) electrons. The van der Waals surface area contributed by atoms with Gasteiger partial charge in [-0.1, -0.05) is 17.4 Å². The molecule has 0 saturated carbocycles. The Morgan fingerprint density at radius 1 is 1.12 bits per heavy atom. The second kappa shape index (κ2) is 9.49. The van der Waals surface area contributed by atoms with Crippen LogP contribution in [-0.4, -0.2) is 40.9 Å². The summed E-state index contributed by atoms with van der Waals surface area (Å²) in [5.41, 5.74) is 0.378. The topological polar surface area (TPSA) is 103 Å². The first-order chi connectivity index (χ1) is 15.1. The van der Waals surface area contributed by atoms with Gasteiger partial charge in [-0.2, -0.15) is 13.2 Å². The van der Waals surface area contributed by atoms with Crippen LogP contribution in [0.5, 0.6) is 0 Å². The maximum atomic E-state index is 13.6. The van der Waals surface area contributed by atoms with Crippen molar-refractivity contribution in [2.24, 2.45) is 0 Å². The first-order valence-electron chi connectivity index (χ1n) is 9.29. The number of nitrogens with zero attached hydrogens (tertiary/aromatic N) is 1. The lowest BCUT2D eigenvalue weighted by Gasteiger charge is -2.22. The van der Waals surface area contributed by atoms with Crippen molar-refractivity contribution in [3.05, 3.63) is 53.8 Å². The van der Waals surface area contributed by atoms with E-state index in [1.54, 1.807) is 0 Å². The number of aromatic nitrogens is 1. The second-order valence-electron chi connectivity index (χ2n) is 6.90. The van der Waals surface area contributed by atoms with Crippen LogP contribution in [0.4, 0.5) is 33.2 Å². The van der Waals surface area contributed by atoms with Gasteiger partial charge in [0.25, 0.3) is 0 Å². The van der Waals surface area contributed by atoms with Crippen LogP contribution in [0.15, 0.2) is 42.5 Å². The first kappa shape index (κ1) is 23.4. The Hall–Kier alpha value is -3.25. The molecule has 4 N–H and O–H groups in total. The summed E-state index contributed by atoms with van der Waals surface area (Å²) in [5, 5.41) is 16.2. The molecule has 3 aromatic rings. The van der Waals surface area contributed by atoms with Gasteiger partial charge in [0.15, 0.2) is 11.0 Å². The number of aliphatic hydroxyl groups is 1. The van der Waals surface area contributed by atoms with Crippen molar-refractivity contribution in [2.75, 3.05) is 17.2 Å². The Labute approximate surface area is 183 Å². The molecule has 12 heteroatoms. The van der Waals surface area contributed by atoms with Crippen molar-refractivity contribution in [2.45, 2.75) is 25.1 Å². The van der Waals surface area contributed by atoms with Crippen molar-refractivity contribution in [3.8, 4) is 0 Å². The van der Waals surface area contributed by atoms with E-state index in [2.05, 4.69) is 20.9 Å². The molecule has 32 heavy (non-hydrogen) atoms. The Bertz CT molecular complexity index is 1120. The Morgan fingerprint density at radius 2 is 1.81 bits per heavy atom. The van der Waals surface area contributed by atoms with Crippen LogP contribution in [0.1, 0.15) is 18.4 Å². The van der Waals surface area contributed by atoms with Gasteiger partial charge in [-0.25, -0.2) is 14.2 Å². The van der Waals surface area contributed by atoms with Crippen molar-refractivity contribution in [1.29, 1.82) is 0 Å². The number of halogens is 4. The molecule has 1 heterocycles. The molecular weight excluding hydrogens is 452 g/mol. The Kier molecular flexibility index (Phi) is 6.94. The number of carbonyl (C=O) groups is 2. The number of alkyl halides is 3. The number of urea groups is 1. The summed E-state index contributed by atoms with van der Waals surface area (Å²) in [6, 6.07) is 7.22. The van der Waals surface area contributed by atoms with Gasteiger partial charge in [0.05, 0.1) is 16.8 Å². The van der Waals surface area contributed by atoms with Crippen LogP contribution in [0.2, 0.25) is 0 Å². The number of fused-ring (bicyclic) bond motifs is 1. The molecule has 1 aromatic heterocycles. The quantitative estimate of drug-likeness (QED) is 0.405. The second-order valence-corrected chi connectivity index (χ2v) is 7.93. The highest BCUT2D eigenvalue weighted by Gasteiger charge is 2.46. The predicted octanol–water partition coefficient (Wildman–Crippen LogP) is 4.22. The average molecular weight is 470 g/mol. The van der Waals surface area contributed by atoms with E-state index < -0.39 is 42.5 Å². The summed E-state index contributed by atoms with van der Waals surface area (Å²) < 4.78 is 54.1. The molecule has 0 aliphatic carbocycles. The smallest absolute Gasteiger partial charge is 0.394 e. The highest BCUT2D eigenvalue weighted by molar-refractivity contribution is 7.22. The fourth-order valence-corrected chi connectivity index (χ4v) is 3.74. The zero-order valence-corrected chi connectivity index (χ0v) is 17.4. The van der Waals surface area contributed by atoms with Crippen LogP contribution < -0.4 is 16.0 Å². The van der Waals surface area contributed by atoms with Gasteiger partial charge < -0.3 is 15.7 Å². The molecule has 2 aromatic carbocycles. The van der Waals surface area contributed by atoms with Crippen molar-refractivity contribution >= 4 is 44.3 Å². The molecule has 3 rings (SSSR count). The Balaban J connectivity index is 1.80. The summed E-state index contributed by atoms with van der Waals surface area (Å²) >= 11 is 0.929. The summed E-state index contributed by atoms with van der Waals surface area (Å²) in [6.07, 6.45) is -4.85. The minimum Gasteiger partial charge on any atom is -0.394 e. The SMILES string of the molecule is CC(CO)NC(=O)C(c1ccc2nc(NC(=O)Nc3ccc(F)cc3)sc2c1)C(F)(F)F. The normalized spacial score (nSPS) is 13.4. The summed E-state index contributed by atoms with van der Waals surface area (Å²) in [4.78, 5) is 28.4. The molecular formula is C20H18F4N4O3S. The highest BCUT2D eigenvalue weighted by Crippen LogP contribution is 2.37.